The molecule has 2 heterocycles. The van der Waals surface area contributed by atoms with E-state index in [1.807, 2.05) is 0 Å². The Labute approximate surface area is 151 Å². The van der Waals surface area contributed by atoms with Crippen LogP contribution in [0.2, 0.25) is 0 Å². The van der Waals surface area contributed by atoms with Crippen molar-refractivity contribution in [3.05, 3.63) is 59.9 Å². The van der Waals surface area contributed by atoms with E-state index in [1.54, 1.807) is 24.3 Å². The molecule has 0 radical (unpaired) electrons. The molecule has 1 aliphatic heterocycles. The summed E-state index contributed by atoms with van der Waals surface area (Å²) in [7, 11) is -3.71. The summed E-state index contributed by atoms with van der Waals surface area (Å²) in [4.78, 5) is 27.4. The van der Waals surface area contributed by atoms with Crippen molar-refractivity contribution < 1.29 is 18.0 Å². The highest BCUT2D eigenvalue weighted by Gasteiger charge is 2.28. The zero-order valence-corrected chi connectivity index (χ0v) is 14.7. The van der Waals surface area contributed by atoms with Gasteiger partial charge >= 0.3 is 0 Å². The van der Waals surface area contributed by atoms with Crippen LogP contribution in [0.3, 0.4) is 0 Å². The molecule has 1 aromatic heterocycles. The summed E-state index contributed by atoms with van der Waals surface area (Å²) in [5, 5.41) is 5.36. The zero-order valence-electron chi connectivity index (χ0n) is 13.9. The summed E-state index contributed by atoms with van der Waals surface area (Å²) >= 11 is 0. The molecule has 0 spiro atoms. The molecule has 0 unspecified atom stereocenters. The van der Waals surface area contributed by atoms with Gasteiger partial charge in [-0.05, 0) is 29.8 Å². The van der Waals surface area contributed by atoms with Crippen LogP contribution < -0.4 is 10.6 Å². The fourth-order valence-electron chi connectivity index (χ4n) is 2.54. The second kappa shape index (κ2) is 7.63. The molecule has 8 nitrogen and oxygen atoms in total. The average molecular weight is 374 g/mol. The van der Waals surface area contributed by atoms with Crippen molar-refractivity contribution in [3.63, 3.8) is 0 Å². The number of hydrogen-bond donors (Lipinski definition) is 2. The number of amides is 2. The normalized spacial score (nSPS) is 15.3. The highest BCUT2D eigenvalue weighted by atomic mass is 32.2. The topological polar surface area (TPSA) is 108 Å². The maximum Gasteiger partial charge on any atom is 0.251 e. The Morgan fingerprint density at radius 1 is 1.15 bits per heavy atom. The Morgan fingerprint density at radius 2 is 1.85 bits per heavy atom. The van der Waals surface area contributed by atoms with Gasteiger partial charge in [-0.25, -0.2) is 8.42 Å². The minimum atomic E-state index is -3.71. The molecule has 3 rings (SSSR count). The molecular weight excluding hydrogens is 356 g/mol. The molecule has 1 aliphatic rings. The van der Waals surface area contributed by atoms with Crippen LogP contribution in [0, 0.1) is 0 Å². The summed E-state index contributed by atoms with van der Waals surface area (Å²) in [6.45, 7) is 0.647. The van der Waals surface area contributed by atoms with E-state index in [1.165, 1.54) is 24.5 Å². The lowest BCUT2D eigenvalue weighted by molar-refractivity contribution is -0.122. The van der Waals surface area contributed by atoms with Gasteiger partial charge in [-0.2, -0.15) is 4.31 Å². The molecule has 9 heteroatoms. The number of piperazine rings is 1. The van der Waals surface area contributed by atoms with E-state index in [0.717, 1.165) is 9.87 Å². The van der Waals surface area contributed by atoms with Crippen LogP contribution in [0.4, 0.5) is 0 Å². The molecular formula is C17H18N4O4S. The number of hydrogen-bond acceptors (Lipinski definition) is 5. The molecule has 2 aromatic rings. The van der Waals surface area contributed by atoms with E-state index in [4.69, 9.17) is 0 Å². The summed E-state index contributed by atoms with van der Waals surface area (Å²) in [6.07, 6.45) is 3.07. The van der Waals surface area contributed by atoms with Crippen molar-refractivity contribution >= 4 is 21.8 Å². The highest BCUT2D eigenvalue weighted by molar-refractivity contribution is 7.89. The average Bonchev–Trinajstić information content (AvgIpc) is 2.67. The molecule has 2 amide bonds. The minimum Gasteiger partial charge on any atom is -0.354 e. The molecule has 1 fully saturated rings. The molecule has 0 atom stereocenters. The van der Waals surface area contributed by atoms with Crippen LogP contribution in [0.5, 0.6) is 0 Å². The maximum absolute atomic E-state index is 12.6. The van der Waals surface area contributed by atoms with Gasteiger partial charge in [0.1, 0.15) is 0 Å². The first-order valence-electron chi connectivity index (χ1n) is 8.01. The van der Waals surface area contributed by atoms with E-state index in [2.05, 4.69) is 15.6 Å². The van der Waals surface area contributed by atoms with Crippen LogP contribution in [0.1, 0.15) is 15.9 Å². The van der Waals surface area contributed by atoms with Crippen LogP contribution in [-0.2, 0) is 21.4 Å². The predicted molar refractivity (Wildman–Crippen MR) is 93.6 cm³/mol. The number of pyridine rings is 1. The smallest absolute Gasteiger partial charge is 0.251 e. The number of rotatable bonds is 5. The van der Waals surface area contributed by atoms with Gasteiger partial charge < -0.3 is 10.6 Å². The fourth-order valence-corrected chi connectivity index (χ4v) is 3.93. The quantitative estimate of drug-likeness (QED) is 0.773. The molecule has 1 aromatic carbocycles. The van der Waals surface area contributed by atoms with Crippen molar-refractivity contribution in [2.75, 3.05) is 19.6 Å². The molecule has 1 saturated heterocycles. The van der Waals surface area contributed by atoms with E-state index in [0.29, 0.717) is 12.1 Å². The number of nitrogens with zero attached hydrogens (tertiary/aromatic N) is 2. The summed E-state index contributed by atoms with van der Waals surface area (Å²) in [5.74, 6) is -0.543. The second-order valence-corrected chi connectivity index (χ2v) is 7.69. The lowest BCUT2D eigenvalue weighted by Gasteiger charge is -2.25. The number of nitrogens with one attached hydrogen (secondary N) is 2. The van der Waals surface area contributed by atoms with Gasteiger partial charge in [0.25, 0.3) is 5.91 Å². The largest absolute Gasteiger partial charge is 0.354 e. The first kappa shape index (κ1) is 18.0. The number of carbonyl (C=O) groups is 2. The van der Waals surface area contributed by atoms with Crippen molar-refractivity contribution in [3.8, 4) is 0 Å². The van der Waals surface area contributed by atoms with Gasteiger partial charge in [-0.15, -0.1) is 0 Å². The molecule has 0 bridgehead atoms. The summed E-state index contributed by atoms with van der Waals surface area (Å²) < 4.78 is 26.3. The van der Waals surface area contributed by atoms with Crippen LogP contribution >= 0.6 is 0 Å². The Balaban J connectivity index is 1.64. The Bertz CT molecular complexity index is 898. The van der Waals surface area contributed by atoms with Crippen molar-refractivity contribution in [2.45, 2.75) is 11.4 Å². The maximum atomic E-state index is 12.6. The van der Waals surface area contributed by atoms with Gasteiger partial charge in [0.15, 0.2) is 0 Å². The number of carbonyl (C=O) groups excluding carboxylic acids is 2. The van der Waals surface area contributed by atoms with Gasteiger partial charge in [-0.1, -0.05) is 12.1 Å². The third kappa shape index (κ3) is 4.06. The Kier molecular flexibility index (Phi) is 5.29. The van der Waals surface area contributed by atoms with Crippen molar-refractivity contribution in [2.24, 2.45) is 0 Å². The number of aromatic nitrogens is 1. The molecule has 0 saturated carbocycles. The number of benzene rings is 1. The van der Waals surface area contributed by atoms with E-state index < -0.39 is 10.0 Å². The zero-order chi connectivity index (χ0) is 18.6. The monoisotopic (exact) mass is 374 g/mol. The van der Waals surface area contributed by atoms with Crippen molar-refractivity contribution in [1.29, 1.82) is 0 Å². The first-order chi connectivity index (χ1) is 12.5. The molecule has 0 aliphatic carbocycles. The van der Waals surface area contributed by atoms with Gasteiger partial charge in [0.2, 0.25) is 15.9 Å². The van der Waals surface area contributed by atoms with E-state index in [9.17, 15) is 18.0 Å². The lowest BCUT2D eigenvalue weighted by Crippen LogP contribution is -2.49. The van der Waals surface area contributed by atoms with Gasteiger partial charge in [0, 0.05) is 37.6 Å². The molecule has 26 heavy (non-hydrogen) atoms. The van der Waals surface area contributed by atoms with Crippen molar-refractivity contribution in [1.82, 2.24) is 19.9 Å². The van der Waals surface area contributed by atoms with Crippen LogP contribution in [-0.4, -0.2) is 49.2 Å². The lowest BCUT2D eigenvalue weighted by atomic mass is 10.2. The molecule has 136 valence electrons. The summed E-state index contributed by atoms with van der Waals surface area (Å²) in [5.41, 5.74) is 1.27. The Morgan fingerprint density at radius 3 is 2.50 bits per heavy atom. The first-order valence-corrected chi connectivity index (χ1v) is 9.45. The molecule has 2 N–H and O–H groups in total. The SMILES string of the molecule is O=C1CN(S(=O)(=O)c2ccc(CNC(=O)c3ccncc3)cc2)CCN1. The van der Waals surface area contributed by atoms with Crippen LogP contribution in [0.15, 0.2) is 53.7 Å². The van der Waals surface area contributed by atoms with E-state index in [-0.39, 0.29) is 36.3 Å². The Hall–Kier alpha value is -2.78. The third-order valence-electron chi connectivity index (χ3n) is 3.96. The fraction of sp³-hybridized carbons (Fsp3) is 0.235. The minimum absolute atomic E-state index is 0.122. The second-order valence-electron chi connectivity index (χ2n) is 5.75. The van der Waals surface area contributed by atoms with E-state index >= 15 is 0 Å². The van der Waals surface area contributed by atoms with Gasteiger partial charge in [-0.3, -0.25) is 14.6 Å². The predicted octanol–water partition coefficient (Wildman–Crippen LogP) is 0.132. The standard InChI is InChI=1S/C17H18N4O4S/c22-16-12-21(10-9-19-16)26(24,25)15-3-1-13(2-4-15)11-20-17(23)14-5-7-18-8-6-14/h1-8H,9-12H2,(H,19,22)(H,20,23). The van der Waals surface area contributed by atoms with Gasteiger partial charge in [0.05, 0.1) is 11.4 Å². The van der Waals surface area contributed by atoms with Crippen LogP contribution in [0.25, 0.3) is 0 Å². The highest BCUT2D eigenvalue weighted by Crippen LogP contribution is 2.17. The number of sulfonamides is 1. The summed E-state index contributed by atoms with van der Waals surface area (Å²) in [6, 6.07) is 9.47. The third-order valence-corrected chi connectivity index (χ3v) is 5.82.